The van der Waals surface area contributed by atoms with Crippen molar-refractivity contribution in [1.82, 2.24) is 4.90 Å². The van der Waals surface area contributed by atoms with Gasteiger partial charge in [0, 0.05) is 19.1 Å². The zero-order valence-corrected chi connectivity index (χ0v) is 13.2. The van der Waals surface area contributed by atoms with Crippen LogP contribution in [0.3, 0.4) is 0 Å². The highest BCUT2D eigenvalue weighted by atomic mass is 32.2. The molecule has 0 spiro atoms. The van der Waals surface area contributed by atoms with Gasteiger partial charge in [0.15, 0.2) is 9.84 Å². The second kappa shape index (κ2) is 6.44. The third-order valence-electron chi connectivity index (χ3n) is 4.36. The van der Waals surface area contributed by atoms with E-state index < -0.39 is 15.4 Å². The summed E-state index contributed by atoms with van der Waals surface area (Å²) in [6.45, 7) is 0.761. The summed E-state index contributed by atoms with van der Waals surface area (Å²) in [5.74, 6) is 0.484. The van der Waals surface area contributed by atoms with E-state index in [9.17, 15) is 13.5 Å². The molecule has 1 saturated heterocycles. The van der Waals surface area contributed by atoms with Crippen molar-refractivity contribution >= 4 is 9.84 Å². The summed E-state index contributed by atoms with van der Waals surface area (Å²) in [5.41, 5.74) is 5.50. The molecule has 1 aliphatic heterocycles. The maximum Gasteiger partial charge on any atom is 0.151 e. The minimum absolute atomic E-state index is 0.0489. The molecule has 1 aromatic rings. The first-order valence-electron chi connectivity index (χ1n) is 7.25. The van der Waals surface area contributed by atoms with Crippen LogP contribution in [-0.2, 0) is 15.4 Å². The first-order valence-corrected chi connectivity index (χ1v) is 9.07. The van der Waals surface area contributed by atoms with Crippen LogP contribution in [-0.4, -0.2) is 56.1 Å². The van der Waals surface area contributed by atoms with Gasteiger partial charge in [-0.05, 0) is 25.5 Å². The fourth-order valence-electron chi connectivity index (χ4n) is 2.78. The van der Waals surface area contributed by atoms with Gasteiger partial charge in [-0.15, -0.1) is 0 Å². The number of nitrogens with zero attached hydrogens (tertiary/aromatic N) is 1. The van der Waals surface area contributed by atoms with E-state index in [2.05, 4.69) is 0 Å². The highest BCUT2D eigenvalue weighted by molar-refractivity contribution is 7.91. The second-order valence-electron chi connectivity index (χ2n) is 5.89. The number of nitrogens with two attached hydrogens (primary N) is 1. The molecule has 0 saturated carbocycles. The molecular weight excluding hydrogens is 288 g/mol. The van der Waals surface area contributed by atoms with Crippen molar-refractivity contribution in [2.24, 2.45) is 5.73 Å². The zero-order valence-electron chi connectivity index (χ0n) is 12.4. The third-order valence-corrected chi connectivity index (χ3v) is 6.11. The Bertz CT molecular complexity index is 562. The molecule has 1 fully saturated rings. The number of hydrogen-bond acceptors (Lipinski definition) is 5. The maximum atomic E-state index is 11.5. The molecule has 3 N–H and O–H groups in total. The summed E-state index contributed by atoms with van der Waals surface area (Å²) in [5, 5.41) is 10.7. The van der Waals surface area contributed by atoms with Crippen molar-refractivity contribution in [2.75, 3.05) is 31.6 Å². The fraction of sp³-hybridized carbons (Fsp3) is 0.600. The van der Waals surface area contributed by atoms with Crippen molar-refractivity contribution in [1.29, 1.82) is 0 Å². The number of hydrogen-bond donors (Lipinski definition) is 2. The molecule has 5 nitrogen and oxygen atoms in total. The average molecular weight is 312 g/mol. The zero-order chi connectivity index (χ0) is 15.5. The van der Waals surface area contributed by atoms with Crippen LogP contribution in [0.5, 0.6) is 0 Å². The van der Waals surface area contributed by atoms with E-state index in [1.165, 1.54) is 0 Å². The van der Waals surface area contributed by atoms with Crippen LogP contribution >= 0.6 is 0 Å². The maximum absolute atomic E-state index is 11.5. The SMILES string of the molecule is CN(CCC(O)(CN)c1ccccc1)C1CCS(=O)(=O)C1. The predicted octanol–water partition coefficient (Wildman–Crippen LogP) is 0.342. The summed E-state index contributed by atoms with van der Waals surface area (Å²) < 4.78 is 23.1. The van der Waals surface area contributed by atoms with Gasteiger partial charge in [-0.1, -0.05) is 30.3 Å². The van der Waals surface area contributed by atoms with Crippen LogP contribution in [0, 0.1) is 0 Å². The van der Waals surface area contributed by atoms with Gasteiger partial charge in [0.1, 0.15) is 5.60 Å². The topological polar surface area (TPSA) is 83.6 Å². The highest BCUT2D eigenvalue weighted by Crippen LogP contribution is 2.25. The first kappa shape index (κ1) is 16.4. The summed E-state index contributed by atoms with van der Waals surface area (Å²) >= 11 is 0. The van der Waals surface area contributed by atoms with Crippen LogP contribution in [0.2, 0.25) is 0 Å². The van der Waals surface area contributed by atoms with Gasteiger partial charge in [0.25, 0.3) is 0 Å². The van der Waals surface area contributed by atoms with E-state index in [4.69, 9.17) is 5.73 Å². The van der Waals surface area contributed by atoms with Crippen molar-refractivity contribution in [3.8, 4) is 0 Å². The van der Waals surface area contributed by atoms with E-state index in [1.54, 1.807) is 0 Å². The van der Waals surface area contributed by atoms with Crippen molar-refractivity contribution in [3.05, 3.63) is 35.9 Å². The quantitative estimate of drug-likeness (QED) is 0.791. The highest BCUT2D eigenvalue weighted by Gasteiger charge is 2.33. The minimum atomic E-state index is -2.88. The number of benzene rings is 1. The van der Waals surface area contributed by atoms with E-state index in [0.29, 0.717) is 19.4 Å². The fourth-order valence-corrected chi connectivity index (χ4v) is 4.58. The number of sulfone groups is 1. The van der Waals surface area contributed by atoms with E-state index >= 15 is 0 Å². The summed E-state index contributed by atoms with van der Waals surface area (Å²) in [6, 6.07) is 9.44. The molecule has 1 heterocycles. The van der Waals surface area contributed by atoms with Gasteiger partial charge in [-0.2, -0.15) is 0 Å². The smallest absolute Gasteiger partial charge is 0.151 e. The van der Waals surface area contributed by atoms with Crippen LogP contribution in [0.4, 0.5) is 0 Å². The Morgan fingerprint density at radius 2 is 2.05 bits per heavy atom. The molecule has 0 amide bonds. The Balaban J connectivity index is 1.97. The monoisotopic (exact) mass is 312 g/mol. The minimum Gasteiger partial charge on any atom is -0.384 e. The van der Waals surface area contributed by atoms with Gasteiger partial charge in [-0.25, -0.2) is 8.42 Å². The molecule has 21 heavy (non-hydrogen) atoms. The Kier molecular flexibility index (Phi) is 5.03. The summed E-state index contributed by atoms with van der Waals surface area (Å²) in [7, 11) is -0.971. The Morgan fingerprint density at radius 1 is 1.38 bits per heavy atom. The van der Waals surface area contributed by atoms with Crippen molar-refractivity contribution < 1.29 is 13.5 Å². The molecule has 2 rings (SSSR count). The van der Waals surface area contributed by atoms with Crippen molar-refractivity contribution in [2.45, 2.75) is 24.5 Å². The lowest BCUT2D eigenvalue weighted by atomic mass is 9.90. The Hall–Kier alpha value is -0.950. The Morgan fingerprint density at radius 3 is 2.57 bits per heavy atom. The van der Waals surface area contributed by atoms with Crippen LogP contribution in [0.1, 0.15) is 18.4 Å². The first-order chi connectivity index (χ1) is 9.86. The summed E-state index contributed by atoms with van der Waals surface area (Å²) in [6.07, 6.45) is 1.16. The third kappa shape index (κ3) is 4.03. The van der Waals surface area contributed by atoms with Crippen LogP contribution < -0.4 is 5.73 Å². The molecule has 1 aliphatic rings. The average Bonchev–Trinajstić information content (AvgIpc) is 2.85. The number of rotatable bonds is 6. The standard InChI is InChI=1S/C15H24N2O3S/c1-17(14-7-10-21(19,20)11-14)9-8-15(18,12-16)13-5-3-2-4-6-13/h2-6,14,18H,7-12,16H2,1H3. The molecule has 2 unspecified atom stereocenters. The molecule has 0 bridgehead atoms. The predicted molar refractivity (Wildman–Crippen MR) is 83.7 cm³/mol. The molecular formula is C15H24N2O3S. The lowest BCUT2D eigenvalue weighted by molar-refractivity contribution is 0.0252. The molecule has 1 aromatic carbocycles. The lowest BCUT2D eigenvalue weighted by Gasteiger charge is -2.31. The van der Waals surface area contributed by atoms with Gasteiger partial charge in [-0.3, -0.25) is 0 Å². The van der Waals surface area contributed by atoms with Gasteiger partial charge in [0.05, 0.1) is 11.5 Å². The molecule has 0 aliphatic carbocycles. The van der Waals surface area contributed by atoms with Gasteiger partial charge in [0.2, 0.25) is 0 Å². The molecule has 6 heteroatoms. The van der Waals surface area contributed by atoms with Gasteiger partial charge < -0.3 is 15.7 Å². The van der Waals surface area contributed by atoms with Gasteiger partial charge >= 0.3 is 0 Å². The van der Waals surface area contributed by atoms with Crippen molar-refractivity contribution in [3.63, 3.8) is 0 Å². The van der Waals surface area contributed by atoms with E-state index in [0.717, 1.165) is 5.56 Å². The molecule has 2 atom stereocenters. The Labute approximate surface area is 126 Å². The lowest BCUT2D eigenvalue weighted by Crippen LogP contribution is -2.41. The number of aliphatic hydroxyl groups is 1. The van der Waals surface area contributed by atoms with E-state index in [-0.39, 0.29) is 24.1 Å². The van der Waals surface area contributed by atoms with E-state index in [1.807, 2.05) is 42.3 Å². The van der Waals surface area contributed by atoms with Crippen LogP contribution in [0.15, 0.2) is 30.3 Å². The largest absolute Gasteiger partial charge is 0.384 e. The van der Waals surface area contributed by atoms with Crippen LogP contribution in [0.25, 0.3) is 0 Å². The summed E-state index contributed by atoms with van der Waals surface area (Å²) in [4.78, 5) is 2.02. The molecule has 118 valence electrons. The normalized spacial score (nSPS) is 24.1. The molecule has 0 radical (unpaired) electrons. The molecule has 0 aromatic heterocycles. The second-order valence-corrected chi connectivity index (χ2v) is 8.12.